The summed E-state index contributed by atoms with van der Waals surface area (Å²) in [6, 6.07) is 0. The molecule has 0 fully saturated rings. The van der Waals surface area contributed by atoms with Gasteiger partial charge in [0.1, 0.15) is 0 Å². The van der Waals surface area contributed by atoms with Gasteiger partial charge in [-0.2, -0.15) is 5.57 Å². The summed E-state index contributed by atoms with van der Waals surface area (Å²) in [5, 5.41) is 0. The van der Waals surface area contributed by atoms with E-state index in [2.05, 4.69) is 13.0 Å². The van der Waals surface area contributed by atoms with Gasteiger partial charge in [-0.1, -0.05) is 13.8 Å². The van der Waals surface area contributed by atoms with Gasteiger partial charge in [-0.15, -0.1) is 6.92 Å². The van der Waals surface area contributed by atoms with Gasteiger partial charge in [-0.3, -0.25) is 0 Å². The van der Waals surface area contributed by atoms with Gasteiger partial charge in [0.15, 0.2) is 0 Å². The summed E-state index contributed by atoms with van der Waals surface area (Å²) < 4.78 is 0. The van der Waals surface area contributed by atoms with E-state index in [0.717, 1.165) is 5.57 Å². The molecule has 10 heavy (non-hydrogen) atoms. The minimum absolute atomic E-state index is 0. The first-order chi connectivity index (χ1) is 3.63. The monoisotopic (exact) mass is 122 g/mol. The Morgan fingerprint density at radius 3 is 1.70 bits per heavy atom. The Kier molecular flexibility index (Phi) is 16.1. The molecule has 0 N–H and O–H groups in total. The third-order valence-electron chi connectivity index (χ3n) is 0.607. The summed E-state index contributed by atoms with van der Waals surface area (Å²) in [6.45, 7) is 9.68. The van der Waals surface area contributed by atoms with Crippen molar-refractivity contribution in [2.45, 2.75) is 20.8 Å². The fourth-order valence-corrected chi connectivity index (χ4v) is 0.268. The van der Waals surface area contributed by atoms with Crippen molar-refractivity contribution < 1.29 is 37.7 Å². The van der Waals surface area contributed by atoms with Crippen LogP contribution in [0.25, 0.3) is 0 Å². The molecule has 0 nitrogen and oxygen atoms in total. The van der Waals surface area contributed by atoms with Gasteiger partial charge in [0.05, 0.1) is 0 Å². The molecule has 0 atom stereocenters. The van der Waals surface area contributed by atoms with Crippen LogP contribution in [0.2, 0.25) is 0 Å². The summed E-state index contributed by atoms with van der Waals surface area (Å²) >= 11 is 0. The molecule has 0 aromatic heterocycles. The van der Waals surface area contributed by atoms with Crippen molar-refractivity contribution in [3.63, 3.8) is 0 Å². The average molecular weight is 122 g/mol. The second-order valence-electron chi connectivity index (χ2n) is 2.14. The van der Waals surface area contributed by atoms with Gasteiger partial charge >= 0.3 is 37.7 Å². The van der Waals surface area contributed by atoms with Gasteiger partial charge in [0.25, 0.3) is 0 Å². The molecule has 0 aromatic carbocycles. The van der Waals surface area contributed by atoms with E-state index < -0.39 is 0 Å². The maximum atomic E-state index is 3.70. The maximum absolute atomic E-state index is 3.70. The van der Waals surface area contributed by atoms with E-state index >= 15 is 0 Å². The number of rotatable bonds is 1. The summed E-state index contributed by atoms with van der Waals surface area (Å²) in [7, 11) is 0. The van der Waals surface area contributed by atoms with E-state index in [1.54, 1.807) is 0 Å². The molecule has 0 unspecified atom stereocenters. The predicted molar refractivity (Wildman–Crippen MR) is 37.2 cm³/mol. The van der Waals surface area contributed by atoms with E-state index in [-0.39, 0.29) is 37.7 Å². The summed E-state index contributed by atoms with van der Waals surface area (Å²) in [4.78, 5) is 0. The molecular formula is C8H12Li2. The van der Waals surface area contributed by atoms with Gasteiger partial charge in [-0.25, -0.2) is 0 Å². The van der Waals surface area contributed by atoms with Crippen LogP contribution in [-0.4, -0.2) is 0 Å². The molecule has 0 saturated heterocycles. The topological polar surface area (TPSA) is 0 Å². The van der Waals surface area contributed by atoms with E-state index in [1.165, 1.54) is 5.57 Å². The molecular weight excluding hydrogens is 110 g/mol. The SMILES string of the molecule is [CH2-]/C(C)=C\[C-]=C(C)C.[Li+].[Li+]. The third kappa shape index (κ3) is 15.8. The van der Waals surface area contributed by atoms with E-state index in [9.17, 15) is 0 Å². The molecule has 0 amide bonds. The zero-order chi connectivity index (χ0) is 6.57. The molecule has 0 bridgehead atoms. The standard InChI is InChI=1S/C8H12.2Li/c1-7(2)5-6-8(3)4;;/h5H,1H2,2-4H3;;/q-2;2*+1/b7-5+;;. The third-order valence-corrected chi connectivity index (χ3v) is 0.607. The van der Waals surface area contributed by atoms with Crippen molar-refractivity contribution in [1.29, 1.82) is 0 Å². The van der Waals surface area contributed by atoms with Crippen LogP contribution in [0.1, 0.15) is 20.8 Å². The molecule has 0 rings (SSSR count). The van der Waals surface area contributed by atoms with E-state index in [0.29, 0.717) is 0 Å². The summed E-state index contributed by atoms with van der Waals surface area (Å²) in [6.07, 6.45) is 4.92. The van der Waals surface area contributed by atoms with Crippen LogP contribution in [0, 0.1) is 13.0 Å². The molecule has 0 aliphatic carbocycles. The Balaban J connectivity index is -0.000000245. The second-order valence-corrected chi connectivity index (χ2v) is 2.14. The zero-order valence-electron chi connectivity index (χ0n) is 7.78. The average Bonchev–Trinajstić information content (AvgIpc) is 1.61. The van der Waals surface area contributed by atoms with Crippen LogP contribution in [-0.2, 0) is 0 Å². The number of allylic oxidation sites excluding steroid dienone is 4. The molecule has 0 spiro atoms. The van der Waals surface area contributed by atoms with Crippen molar-refractivity contribution in [2.24, 2.45) is 0 Å². The molecule has 0 aliphatic heterocycles. The minimum Gasteiger partial charge on any atom is -0.383 e. The van der Waals surface area contributed by atoms with Crippen LogP contribution >= 0.6 is 0 Å². The van der Waals surface area contributed by atoms with Crippen LogP contribution in [0.15, 0.2) is 17.2 Å². The molecule has 0 radical (unpaired) electrons. The number of hydrogen-bond donors (Lipinski definition) is 0. The van der Waals surface area contributed by atoms with Crippen LogP contribution in [0.4, 0.5) is 0 Å². The first-order valence-corrected chi connectivity index (χ1v) is 2.68. The fourth-order valence-electron chi connectivity index (χ4n) is 0.268. The molecule has 0 aromatic rings. The Morgan fingerprint density at radius 2 is 1.60 bits per heavy atom. The quantitative estimate of drug-likeness (QED) is 0.193. The molecule has 0 saturated carbocycles. The Morgan fingerprint density at radius 1 is 1.20 bits per heavy atom. The van der Waals surface area contributed by atoms with Crippen molar-refractivity contribution in [1.82, 2.24) is 0 Å². The van der Waals surface area contributed by atoms with Crippen LogP contribution in [0.3, 0.4) is 0 Å². The predicted octanol–water partition coefficient (Wildman–Crippen LogP) is -3.46. The van der Waals surface area contributed by atoms with Crippen LogP contribution in [0.5, 0.6) is 0 Å². The Labute approximate surface area is 88.5 Å². The zero-order valence-corrected chi connectivity index (χ0v) is 7.78. The number of hydrogen-bond acceptors (Lipinski definition) is 0. The van der Waals surface area contributed by atoms with Crippen molar-refractivity contribution in [2.75, 3.05) is 0 Å². The summed E-state index contributed by atoms with van der Waals surface area (Å²) in [5.74, 6) is 0. The van der Waals surface area contributed by atoms with Gasteiger partial charge in [0, 0.05) is 0 Å². The molecule has 0 heterocycles. The van der Waals surface area contributed by atoms with E-state index in [4.69, 9.17) is 0 Å². The fraction of sp³-hybridized carbons (Fsp3) is 0.375. The van der Waals surface area contributed by atoms with Crippen molar-refractivity contribution in [3.05, 3.63) is 30.2 Å². The largest absolute Gasteiger partial charge is 1.00 e. The minimum atomic E-state index is 0. The first kappa shape index (κ1) is 16.9. The first-order valence-electron chi connectivity index (χ1n) is 2.68. The van der Waals surface area contributed by atoms with Crippen molar-refractivity contribution >= 4 is 0 Å². The maximum Gasteiger partial charge on any atom is 1.00 e. The summed E-state index contributed by atoms with van der Waals surface area (Å²) in [5.41, 5.74) is 2.24. The van der Waals surface area contributed by atoms with Crippen molar-refractivity contribution in [3.8, 4) is 0 Å². The Hall–Kier alpha value is 0.545. The van der Waals surface area contributed by atoms with E-state index in [1.807, 2.05) is 26.8 Å². The molecule has 2 heteroatoms. The smallest absolute Gasteiger partial charge is 0.383 e. The Bertz CT molecular complexity index is 99.2. The molecule has 0 aliphatic rings. The molecule has 46 valence electrons. The van der Waals surface area contributed by atoms with Gasteiger partial charge in [-0.05, 0) is 0 Å². The van der Waals surface area contributed by atoms with Gasteiger partial charge < -0.3 is 24.6 Å². The van der Waals surface area contributed by atoms with Gasteiger partial charge in [0.2, 0.25) is 0 Å². The normalized spacial score (nSPS) is 8.90. The second kappa shape index (κ2) is 9.54. The van der Waals surface area contributed by atoms with Crippen LogP contribution < -0.4 is 37.7 Å².